The van der Waals surface area contributed by atoms with Crippen LogP contribution in [0.1, 0.15) is 37.0 Å². The molecule has 0 heterocycles. The van der Waals surface area contributed by atoms with Crippen LogP contribution >= 0.6 is 15.9 Å². The number of benzene rings is 2. The first-order valence-electron chi connectivity index (χ1n) is 7.47. The Morgan fingerprint density at radius 1 is 1.21 bits per heavy atom. The molecule has 0 saturated carbocycles. The zero-order chi connectivity index (χ0) is 17.9. The van der Waals surface area contributed by atoms with E-state index in [-0.39, 0.29) is 11.4 Å². The van der Waals surface area contributed by atoms with E-state index in [4.69, 9.17) is 0 Å². The molecule has 0 bridgehead atoms. The lowest BCUT2D eigenvalue weighted by Gasteiger charge is -2.25. The molecule has 0 amide bonds. The second-order valence-electron chi connectivity index (χ2n) is 5.68. The number of rotatable bonds is 5. The molecule has 0 fully saturated rings. The third-order valence-electron chi connectivity index (χ3n) is 3.89. The number of carboxylic acid groups (broad SMARTS) is 1. The van der Waals surface area contributed by atoms with Gasteiger partial charge >= 0.3 is 5.97 Å². The number of carbonyl (C=O) groups is 1. The van der Waals surface area contributed by atoms with Gasteiger partial charge in [0.15, 0.2) is 0 Å². The minimum Gasteiger partial charge on any atom is -0.478 e. The molecule has 0 radical (unpaired) electrons. The molecule has 24 heavy (non-hydrogen) atoms. The molecule has 1 atom stereocenters. The Morgan fingerprint density at radius 2 is 1.83 bits per heavy atom. The van der Waals surface area contributed by atoms with E-state index in [1.54, 1.807) is 38.1 Å². The summed E-state index contributed by atoms with van der Waals surface area (Å²) in [5, 5.41) is 20.1. The van der Waals surface area contributed by atoms with Gasteiger partial charge in [-0.25, -0.2) is 9.18 Å². The normalized spacial score (nSPS) is 14.3. The predicted octanol–water partition coefficient (Wildman–Crippen LogP) is 4.72. The van der Waals surface area contributed by atoms with Crippen LogP contribution in [0.25, 0.3) is 6.08 Å². The van der Waals surface area contributed by atoms with Crippen molar-refractivity contribution in [2.75, 3.05) is 0 Å². The van der Waals surface area contributed by atoms with Crippen LogP contribution in [-0.2, 0) is 10.4 Å². The number of hydrogen-bond acceptors (Lipinski definition) is 2. The molecule has 0 aliphatic carbocycles. The van der Waals surface area contributed by atoms with E-state index in [0.29, 0.717) is 23.1 Å². The zero-order valence-electron chi connectivity index (χ0n) is 13.4. The fourth-order valence-electron chi connectivity index (χ4n) is 2.43. The van der Waals surface area contributed by atoms with Crippen molar-refractivity contribution in [2.45, 2.75) is 25.9 Å². The first kappa shape index (κ1) is 18.4. The Balaban J connectivity index is 2.51. The van der Waals surface area contributed by atoms with Gasteiger partial charge in [0.05, 0.1) is 0 Å². The molecule has 2 aromatic carbocycles. The Kier molecular flexibility index (Phi) is 5.57. The average molecular weight is 393 g/mol. The largest absolute Gasteiger partial charge is 0.478 e. The maximum atomic E-state index is 13.1. The summed E-state index contributed by atoms with van der Waals surface area (Å²) in [7, 11) is 0. The van der Waals surface area contributed by atoms with Crippen molar-refractivity contribution < 1.29 is 19.4 Å². The molecule has 1 unspecified atom stereocenters. The summed E-state index contributed by atoms with van der Waals surface area (Å²) in [6, 6.07) is 10.9. The van der Waals surface area contributed by atoms with Crippen LogP contribution in [0.2, 0.25) is 0 Å². The van der Waals surface area contributed by atoms with Crippen LogP contribution in [0.4, 0.5) is 4.39 Å². The number of aliphatic carboxylic acids is 1. The van der Waals surface area contributed by atoms with Gasteiger partial charge in [0.25, 0.3) is 0 Å². The lowest BCUT2D eigenvalue weighted by atomic mass is 9.87. The van der Waals surface area contributed by atoms with E-state index in [1.807, 2.05) is 0 Å². The number of aliphatic hydroxyl groups is 1. The second kappa shape index (κ2) is 7.28. The van der Waals surface area contributed by atoms with Crippen molar-refractivity contribution in [1.29, 1.82) is 0 Å². The number of carboxylic acids is 1. The van der Waals surface area contributed by atoms with Crippen molar-refractivity contribution in [2.24, 2.45) is 0 Å². The smallest absolute Gasteiger partial charge is 0.331 e. The fraction of sp³-hybridized carbons (Fsp3) is 0.211. The monoisotopic (exact) mass is 392 g/mol. The molecule has 0 saturated heterocycles. The highest BCUT2D eigenvalue weighted by atomic mass is 79.9. The van der Waals surface area contributed by atoms with Crippen molar-refractivity contribution in [3.8, 4) is 0 Å². The van der Waals surface area contributed by atoms with E-state index < -0.39 is 11.6 Å². The molecule has 2 N–H and O–H groups in total. The van der Waals surface area contributed by atoms with Crippen molar-refractivity contribution in [3.63, 3.8) is 0 Å². The zero-order valence-corrected chi connectivity index (χ0v) is 15.0. The molecule has 5 heteroatoms. The van der Waals surface area contributed by atoms with E-state index in [1.165, 1.54) is 24.3 Å². The van der Waals surface area contributed by atoms with Gasteiger partial charge in [-0.3, -0.25) is 0 Å². The van der Waals surface area contributed by atoms with Crippen molar-refractivity contribution in [1.82, 2.24) is 0 Å². The molecular weight excluding hydrogens is 375 g/mol. The summed E-state index contributed by atoms with van der Waals surface area (Å²) in [5.74, 6) is -1.34. The van der Waals surface area contributed by atoms with Crippen LogP contribution in [0.3, 0.4) is 0 Å². The molecule has 2 rings (SSSR count). The van der Waals surface area contributed by atoms with Crippen LogP contribution < -0.4 is 0 Å². The van der Waals surface area contributed by atoms with Gasteiger partial charge in [-0.15, -0.1) is 0 Å². The van der Waals surface area contributed by atoms with Gasteiger partial charge in [-0.1, -0.05) is 35.0 Å². The standard InChI is InChI=1S/C19H18BrFO3/c1-3-13(18(22)23)8-12-9-15(11-16(20)10-12)19(2,24)14-4-6-17(21)7-5-14/h4-11,24H,3H2,1-2H3,(H,22,23)/b13-8+. The summed E-state index contributed by atoms with van der Waals surface area (Å²) in [6.07, 6.45) is 1.98. The minimum absolute atomic E-state index is 0.278. The summed E-state index contributed by atoms with van der Waals surface area (Å²) < 4.78 is 13.8. The van der Waals surface area contributed by atoms with Crippen molar-refractivity contribution >= 4 is 28.0 Å². The van der Waals surface area contributed by atoms with Gasteiger partial charge in [-0.2, -0.15) is 0 Å². The molecule has 0 aliphatic rings. The quantitative estimate of drug-likeness (QED) is 0.723. The van der Waals surface area contributed by atoms with Crippen LogP contribution in [-0.4, -0.2) is 16.2 Å². The van der Waals surface area contributed by atoms with E-state index in [9.17, 15) is 19.4 Å². The lowest BCUT2D eigenvalue weighted by molar-refractivity contribution is -0.132. The molecule has 2 aromatic rings. The molecule has 0 aromatic heterocycles. The van der Waals surface area contributed by atoms with E-state index in [2.05, 4.69) is 15.9 Å². The highest BCUT2D eigenvalue weighted by Gasteiger charge is 2.26. The van der Waals surface area contributed by atoms with E-state index in [0.717, 1.165) is 4.47 Å². The topological polar surface area (TPSA) is 57.5 Å². The van der Waals surface area contributed by atoms with Crippen LogP contribution in [0, 0.1) is 5.82 Å². The molecular formula is C19H18BrFO3. The van der Waals surface area contributed by atoms with Crippen LogP contribution in [0.15, 0.2) is 52.5 Å². The number of hydrogen-bond donors (Lipinski definition) is 2. The van der Waals surface area contributed by atoms with Gasteiger partial charge in [0.2, 0.25) is 0 Å². The summed E-state index contributed by atoms with van der Waals surface area (Å²) in [5.41, 5.74) is 0.735. The van der Waals surface area contributed by atoms with Gasteiger partial charge < -0.3 is 10.2 Å². The highest BCUT2D eigenvalue weighted by Crippen LogP contribution is 2.32. The summed E-state index contributed by atoms with van der Waals surface area (Å²) in [4.78, 5) is 11.2. The minimum atomic E-state index is -1.34. The van der Waals surface area contributed by atoms with Gasteiger partial charge in [-0.05, 0) is 66.4 Å². The summed E-state index contributed by atoms with van der Waals surface area (Å²) >= 11 is 3.39. The lowest BCUT2D eigenvalue weighted by Crippen LogP contribution is -2.23. The van der Waals surface area contributed by atoms with Crippen LogP contribution in [0.5, 0.6) is 0 Å². The third kappa shape index (κ3) is 4.10. The Bertz CT molecular complexity index is 780. The average Bonchev–Trinajstić information content (AvgIpc) is 2.52. The summed E-state index contributed by atoms with van der Waals surface area (Å²) in [6.45, 7) is 3.39. The Hall–Kier alpha value is -1.98. The Labute approximate surface area is 148 Å². The second-order valence-corrected chi connectivity index (χ2v) is 6.60. The Morgan fingerprint density at radius 3 is 2.38 bits per heavy atom. The maximum Gasteiger partial charge on any atom is 0.331 e. The van der Waals surface area contributed by atoms with Gasteiger partial charge in [0.1, 0.15) is 11.4 Å². The predicted molar refractivity (Wildman–Crippen MR) is 95.1 cm³/mol. The number of halogens is 2. The van der Waals surface area contributed by atoms with Crippen molar-refractivity contribution in [3.05, 3.63) is 75.0 Å². The molecule has 3 nitrogen and oxygen atoms in total. The molecule has 0 spiro atoms. The first-order chi connectivity index (χ1) is 11.2. The third-order valence-corrected chi connectivity index (χ3v) is 4.34. The fourth-order valence-corrected chi connectivity index (χ4v) is 2.94. The highest BCUT2D eigenvalue weighted by molar-refractivity contribution is 9.10. The molecule has 126 valence electrons. The van der Waals surface area contributed by atoms with Gasteiger partial charge in [0, 0.05) is 10.0 Å². The first-order valence-corrected chi connectivity index (χ1v) is 8.26. The maximum absolute atomic E-state index is 13.1. The molecule has 0 aliphatic heterocycles. The SMILES string of the molecule is CC/C(=C\c1cc(Br)cc(C(C)(O)c2ccc(F)cc2)c1)C(=O)O. The van der Waals surface area contributed by atoms with E-state index >= 15 is 0 Å².